The molecule has 6 nitrogen and oxygen atoms in total. The Hall–Kier alpha value is -1.12. The second-order valence-electron chi connectivity index (χ2n) is 7.95. The average Bonchev–Trinajstić information content (AvgIpc) is 2.92. The van der Waals surface area contributed by atoms with Crippen LogP contribution < -0.4 is 0 Å². The zero-order chi connectivity index (χ0) is 27.6. The van der Waals surface area contributed by atoms with Crippen molar-refractivity contribution < 1.29 is 45.4 Å². The third kappa shape index (κ3) is 12.9. The van der Waals surface area contributed by atoms with Gasteiger partial charge in [0.15, 0.2) is 0 Å². The summed E-state index contributed by atoms with van der Waals surface area (Å²) in [6.45, 7) is 21.1. The van der Waals surface area contributed by atoms with E-state index in [-0.39, 0.29) is 29.3 Å². The molecule has 0 N–H and O–H groups in total. The summed E-state index contributed by atoms with van der Waals surface area (Å²) >= 11 is 0. The molecule has 0 aliphatic heterocycles. The second-order valence-corrected chi connectivity index (χ2v) is 10.7. The predicted octanol–water partition coefficient (Wildman–Crippen LogP) is 5.63. The van der Waals surface area contributed by atoms with Gasteiger partial charge in [0, 0.05) is 0 Å². The van der Waals surface area contributed by atoms with Gasteiger partial charge in [-0.25, -0.2) is 16.8 Å². The molecule has 36 heavy (non-hydrogen) atoms. The van der Waals surface area contributed by atoms with Crippen LogP contribution in [0.1, 0.15) is 45.7 Å². The van der Waals surface area contributed by atoms with Gasteiger partial charge in [-0.2, -0.15) is 0 Å². The summed E-state index contributed by atoms with van der Waals surface area (Å²) in [5.74, 6) is 7.34. The Kier molecular flexibility index (Phi) is 17.1. The maximum atomic E-state index is 10.4. The molecule has 3 rings (SSSR count). The van der Waals surface area contributed by atoms with Crippen LogP contribution in [0.5, 0.6) is 0 Å². The van der Waals surface area contributed by atoms with Crippen LogP contribution in [0, 0.1) is 63.7 Å². The van der Waals surface area contributed by atoms with Crippen molar-refractivity contribution in [1.29, 1.82) is 0 Å². The topological polar surface area (TPSA) is 114 Å². The van der Waals surface area contributed by atoms with Gasteiger partial charge in [-0.05, 0) is 88.0 Å². The van der Waals surface area contributed by atoms with E-state index in [0.717, 1.165) is 11.1 Å². The number of benzene rings is 2. The molecular weight excluding hydrogens is 585 g/mol. The average molecular weight is 620 g/mol. The van der Waals surface area contributed by atoms with Crippen LogP contribution in [-0.2, 0) is 39.7 Å². The van der Waals surface area contributed by atoms with E-state index in [1.54, 1.807) is 24.3 Å². The molecule has 0 bridgehead atoms. The SMILES string of the molecule is C[C]1[C](C)[C](C)[C](C)[C]1C.Cc1ccc(S(=O)(=O)[O-])cc1.Cc1ccc(S(=O)(=O)[O-])cc1.[CH2][CH][CH2].[Ru+4]. The van der Waals surface area contributed by atoms with E-state index in [2.05, 4.69) is 48.5 Å². The van der Waals surface area contributed by atoms with Gasteiger partial charge in [0.05, 0.1) is 9.79 Å². The Labute approximate surface area is 232 Å². The maximum Gasteiger partial charge on any atom is 4.00 e. The van der Waals surface area contributed by atoms with Crippen LogP contribution in [0.2, 0.25) is 0 Å². The Bertz CT molecular complexity index is 964. The molecule has 1 aliphatic rings. The molecule has 1 aliphatic carbocycles. The number of aryl methyl sites for hydroxylation is 2. The summed E-state index contributed by atoms with van der Waals surface area (Å²) in [4.78, 5) is -0.355. The van der Waals surface area contributed by atoms with Gasteiger partial charge in [0.1, 0.15) is 20.2 Å². The van der Waals surface area contributed by atoms with E-state index in [1.165, 1.54) is 60.3 Å². The van der Waals surface area contributed by atoms with Crippen molar-refractivity contribution in [2.45, 2.75) is 58.3 Å². The van der Waals surface area contributed by atoms with Crippen molar-refractivity contribution in [2.75, 3.05) is 0 Å². The molecule has 9 heteroatoms. The molecule has 1 fully saturated rings. The van der Waals surface area contributed by atoms with Crippen molar-refractivity contribution in [3.8, 4) is 0 Å². The van der Waals surface area contributed by atoms with Crippen LogP contribution >= 0.6 is 0 Å². The van der Waals surface area contributed by atoms with Crippen molar-refractivity contribution in [3.05, 3.63) is 110 Å². The molecular formula is C27H34O6RuS2+2. The van der Waals surface area contributed by atoms with E-state index in [4.69, 9.17) is 0 Å². The summed E-state index contributed by atoms with van der Waals surface area (Å²) in [5.41, 5.74) is 1.86. The first kappa shape index (κ1) is 37.0. The summed E-state index contributed by atoms with van der Waals surface area (Å²) in [5, 5.41) is 0. The van der Waals surface area contributed by atoms with Gasteiger partial charge >= 0.3 is 19.5 Å². The van der Waals surface area contributed by atoms with Gasteiger partial charge in [0.2, 0.25) is 0 Å². The normalized spacial score (nSPS) is 15.4. The summed E-state index contributed by atoms with van der Waals surface area (Å²) < 4.78 is 62.3. The first-order chi connectivity index (χ1) is 16.0. The van der Waals surface area contributed by atoms with Gasteiger partial charge in [-0.3, -0.25) is 0 Å². The molecule has 0 aromatic heterocycles. The molecule has 2 aromatic carbocycles. The van der Waals surface area contributed by atoms with E-state index < -0.39 is 20.2 Å². The number of rotatable bonds is 2. The zero-order valence-electron chi connectivity index (χ0n) is 21.7. The first-order valence-corrected chi connectivity index (χ1v) is 13.4. The quantitative estimate of drug-likeness (QED) is 0.318. The number of hydrogen-bond donors (Lipinski definition) is 0. The molecule has 8 radical (unpaired) electrons. The predicted molar refractivity (Wildman–Crippen MR) is 138 cm³/mol. The summed E-state index contributed by atoms with van der Waals surface area (Å²) in [6, 6.07) is 11.6. The van der Waals surface area contributed by atoms with Crippen molar-refractivity contribution in [2.24, 2.45) is 0 Å². The number of hydrogen-bond acceptors (Lipinski definition) is 6. The van der Waals surface area contributed by atoms with Crippen LogP contribution in [0.25, 0.3) is 0 Å². The van der Waals surface area contributed by atoms with Gasteiger partial charge in [-0.1, -0.05) is 70.0 Å². The van der Waals surface area contributed by atoms with Crippen LogP contribution in [0.4, 0.5) is 0 Å². The molecule has 0 spiro atoms. The smallest absolute Gasteiger partial charge is 0.744 e. The van der Waals surface area contributed by atoms with Crippen molar-refractivity contribution in [1.82, 2.24) is 0 Å². The van der Waals surface area contributed by atoms with E-state index in [1.807, 2.05) is 13.8 Å². The molecule has 196 valence electrons. The molecule has 0 unspecified atom stereocenters. The van der Waals surface area contributed by atoms with E-state index in [9.17, 15) is 25.9 Å². The Balaban J connectivity index is 0. The van der Waals surface area contributed by atoms with Crippen LogP contribution in [0.3, 0.4) is 0 Å². The van der Waals surface area contributed by atoms with Gasteiger partial charge in [-0.15, -0.1) is 0 Å². The molecule has 2 aromatic rings. The summed E-state index contributed by atoms with van der Waals surface area (Å²) in [6.07, 6.45) is 1.50. The third-order valence-electron chi connectivity index (χ3n) is 5.43. The largest absolute Gasteiger partial charge is 4.00 e. The minimum Gasteiger partial charge on any atom is -0.744 e. The zero-order valence-corrected chi connectivity index (χ0v) is 25.1. The Morgan fingerprint density at radius 3 is 0.833 bits per heavy atom. The third-order valence-corrected chi connectivity index (χ3v) is 7.13. The van der Waals surface area contributed by atoms with Crippen molar-refractivity contribution in [3.63, 3.8) is 0 Å². The summed E-state index contributed by atoms with van der Waals surface area (Å²) in [7, 11) is -8.54. The fraction of sp³-hybridized carbons (Fsp3) is 0.259. The second kappa shape index (κ2) is 16.7. The molecule has 0 amide bonds. The first-order valence-electron chi connectivity index (χ1n) is 10.6. The minimum absolute atomic E-state index is 0. The van der Waals surface area contributed by atoms with Crippen LogP contribution in [0.15, 0.2) is 58.3 Å². The molecule has 0 heterocycles. The van der Waals surface area contributed by atoms with E-state index in [0.29, 0.717) is 0 Å². The maximum absolute atomic E-state index is 10.4. The fourth-order valence-electron chi connectivity index (χ4n) is 2.82. The van der Waals surface area contributed by atoms with Gasteiger partial charge < -0.3 is 9.11 Å². The minimum atomic E-state index is -4.27. The Morgan fingerprint density at radius 2 is 0.694 bits per heavy atom. The molecule has 0 atom stereocenters. The monoisotopic (exact) mass is 620 g/mol. The van der Waals surface area contributed by atoms with Gasteiger partial charge in [0.25, 0.3) is 0 Å². The molecule has 1 saturated carbocycles. The van der Waals surface area contributed by atoms with Crippen molar-refractivity contribution >= 4 is 20.2 Å². The Morgan fingerprint density at radius 1 is 0.528 bits per heavy atom. The molecule has 0 saturated heterocycles. The van der Waals surface area contributed by atoms with Crippen LogP contribution in [-0.4, -0.2) is 25.9 Å². The standard InChI is InChI=1S/C10H15.2C7H8O3S.C3H5.Ru/c1-6-7(2)9(4)10(5)8(6)3;2*1-6-2-4-7(5-3-6)11(8,9)10;1-3-2;/h1-5H3;2*2-5H,1H3,(H,8,9,10);3H,1-2H2;/q;;;;+4/p-2. The fourth-order valence-corrected chi connectivity index (χ4v) is 3.75. The van der Waals surface area contributed by atoms with E-state index >= 15 is 0 Å².